The number of carbonyl (C=O) groups is 1. The lowest BCUT2D eigenvalue weighted by Crippen LogP contribution is -2.05. The van der Waals surface area contributed by atoms with Gasteiger partial charge in [0.15, 0.2) is 5.82 Å². The Bertz CT molecular complexity index is 617. The smallest absolute Gasteiger partial charge is 0.234 e. The minimum atomic E-state index is 0.210. The van der Waals surface area contributed by atoms with E-state index in [9.17, 15) is 4.79 Å². The molecule has 0 radical (unpaired) electrons. The first-order valence-electron chi connectivity index (χ1n) is 6.71. The van der Waals surface area contributed by atoms with Crippen LogP contribution in [0.3, 0.4) is 0 Å². The molecule has 1 aliphatic rings. The second kappa shape index (κ2) is 5.45. The molecule has 20 heavy (non-hydrogen) atoms. The van der Waals surface area contributed by atoms with E-state index in [4.69, 9.17) is 9.26 Å². The standard InChI is InChI=1S/C15H16N2O3/c1-19-12-4-2-3-10(7-12)8-14-16-15(20-17-14)9-13(18)11-5-6-11/h2-4,7,11H,5-6,8-9H2,1H3. The molecule has 1 fully saturated rings. The summed E-state index contributed by atoms with van der Waals surface area (Å²) in [4.78, 5) is 16.0. The van der Waals surface area contributed by atoms with Gasteiger partial charge in [0.05, 0.1) is 13.5 Å². The van der Waals surface area contributed by atoms with Crippen LogP contribution in [-0.4, -0.2) is 23.0 Å². The van der Waals surface area contributed by atoms with Crippen molar-refractivity contribution in [2.24, 2.45) is 5.92 Å². The van der Waals surface area contributed by atoms with E-state index in [0.717, 1.165) is 24.2 Å². The van der Waals surface area contributed by atoms with Gasteiger partial charge in [-0.05, 0) is 30.5 Å². The highest BCUT2D eigenvalue weighted by Gasteiger charge is 2.30. The Morgan fingerprint density at radius 1 is 1.45 bits per heavy atom. The van der Waals surface area contributed by atoms with Crippen molar-refractivity contribution in [1.29, 1.82) is 0 Å². The molecule has 0 N–H and O–H groups in total. The second-order valence-corrected chi connectivity index (χ2v) is 5.05. The van der Waals surface area contributed by atoms with Gasteiger partial charge < -0.3 is 9.26 Å². The Hall–Kier alpha value is -2.17. The predicted octanol–water partition coefficient (Wildman–Crippen LogP) is 2.19. The fraction of sp³-hybridized carbons (Fsp3) is 0.400. The highest BCUT2D eigenvalue weighted by molar-refractivity contribution is 5.84. The van der Waals surface area contributed by atoms with Gasteiger partial charge in [-0.15, -0.1) is 0 Å². The fourth-order valence-corrected chi connectivity index (χ4v) is 2.10. The van der Waals surface area contributed by atoms with Gasteiger partial charge in [0.25, 0.3) is 0 Å². The molecule has 0 saturated heterocycles. The Morgan fingerprint density at radius 2 is 2.30 bits per heavy atom. The van der Waals surface area contributed by atoms with E-state index in [1.807, 2.05) is 24.3 Å². The van der Waals surface area contributed by atoms with Crippen molar-refractivity contribution in [3.8, 4) is 5.75 Å². The average molecular weight is 272 g/mol. The number of carbonyl (C=O) groups excluding carboxylic acids is 1. The van der Waals surface area contributed by atoms with Gasteiger partial charge >= 0.3 is 0 Å². The first-order valence-corrected chi connectivity index (χ1v) is 6.71. The van der Waals surface area contributed by atoms with Gasteiger partial charge in [-0.25, -0.2) is 0 Å². The summed E-state index contributed by atoms with van der Waals surface area (Å²) >= 11 is 0. The summed E-state index contributed by atoms with van der Waals surface area (Å²) in [6.07, 6.45) is 2.83. The van der Waals surface area contributed by atoms with Crippen molar-refractivity contribution in [3.05, 3.63) is 41.5 Å². The van der Waals surface area contributed by atoms with Crippen molar-refractivity contribution in [2.75, 3.05) is 7.11 Å². The predicted molar refractivity (Wildman–Crippen MR) is 71.5 cm³/mol. The van der Waals surface area contributed by atoms with Crippen LogP contribution in [0.25, 0.3) is 0 Å². The number of benzene rings is 1. The highest BCUT2D eigenvalue weighted by atomic mass is 16.5. The SMILES string of the molecule is COc1cccc(Cc2noc(CC(=O)C3CC3)n2)c1. The molecule has 0 bridgehead atoms. The second-order valence-electron chi connectivity index (χ2n) is 5.05. The summed E-state index contributed by atoms with van der Waals surface area (Å²) in [5.74, 6) is 2.25. The van der Waals surface area contributed by atoms with Crippen molar-refractivity contribution in [1.82, 2.24) is 10.1 Å². The van der Waals surface area contributed by atoms with Gasteiger partial charge in [-0.1, -0.05) is 17.3 Å². The van der Waals surface area contributed by atoms with Crippen LogP contribution >= 0.6 is 0 Å². The van der Waals surface area contributed by atoms with Crippen LogP contribution in [0.5, 0.6) is 5.75 Å². The molecule has 5 nitrogen and oxygen atoms in total. The van der Waals surface area contributed by atoms with Crippen molar-refractivity contribution >= 4 is 5.78 Å². The van der Waals surface area contributed by atoms with Crippen LogP contribution in [0.4, 0.5) is 0 Å². The van der Waals surface area contributed by atoms with Crippen LogP contribution in [0.1, 0.15) is 30.1 Å². The van der Waals surface area contributed by atoms with Gasteiger partial charge in [0.1, 0.15) is 11.5 Å². The lowest BCUT2D eigenvalue weighted by molar-refractivity contribution is -0.119. The molecule has 0 amide bonds. The van der Waals surface area contributed by atoms with E-state index in [-0.39, 0.29) is 18.1 Å². The molecule has 2 aromatic rings. The number of aromatic nitrogens is 2. The zero-order valence-corrected chi connectivity index (χ0v) is 11.3. The summed E-state index contributed by atoms with van der Waals surface area (Å²) in [5.41, 5.74) is 1.05. The van der Waals surface area contributed by atoms with Crippen molar-refractivity contribution in [2.45, 2.75) is 25.7 Å². The van der Waals surface area contributed by atoms with Gasteiger partial charge in [-0.3, -0.25) is 4.79 Å². The molecule has 0 spiro atoms. The van der Waals surface area contributed by atoms with Gasteiger partial charge in [-0.2, -0.15) is 4.98 Å². The minimum absolute atomic E-state index is 0.210. The Balaban J connectivity index is 1.65. The molecule has 1 aromatic heterocycles. The average Bonchev–Trinajstić information content (AvgIpc) is 3.22. The molecule has 1 aliphatic carbocycles. The van der Waals surface area contributed by atoms with Gasteiger partial charge in [0.2, 0.25) is 5.89 Å². The topological polar surface area (TPSA) is 65.2 Å². The molecule has 1 heterocycles. The molecule has 5 heteroatoms. The number of ketones is 1. The quantitative estimate of drug-likeness (QED) is 0.806. The molecule has 104 valence electrons. The van der Waals surface area contributed by atoms with E-state index < -0.39 is 0 Å². The minimum Gasteiger partial charge on any atom is -0.497 e. The molecular formula is C15H16N2O3. The summed E-state index contributed by atoms with van der Waals surface area (Å²) in [6, 6.07) is 7.73. The molecule has 0 unspecified atom stereocenters. The van der Waals surface area contributed by atoms with Crippen molar-refractivity contribution in [3.63, 3.8) is 0 Å². The third kappa shape index (κ3) is 3.04. The summed E-state index contributed by atoms with van der Waals surface area (Å²) < 4.78 is 10.3. The maximum Gasteiger partial charge on any atom is 0.234 e. The Labute approximate surface area is 116 Å². The van der Waals surface area contributed by atoms with E-state index in [1.54, 1.807) is 7.11 Å². The number of hydrogen-bond donors (Lipinski definition) is 0. The summed E-state index contributed by atoms with van der Waals surface area (Å²) in [6.45, 7) is 0. The van der Waals surface area contributed by atoms with E-state index in [2.05, 4.69) is 10.1 Å². The van der Waals surface area contributed by atoms with Gasteiger partial charge in [0, 0.05) is 12.3 Å². The summed E-state index contributed by atoms with van der Waals surface area (Å²) in [7, 11) is 1.63. The van der Waals surface area contributed by atoms with Crippen molar-refractivity contribution < 1.29 is 14.1 Å². The zero-order chi connectivity index (χ0) is 13.9. The molecule has 0 aliphatic heterocycles. The van der Waals surface area contributed by atoms with Crippen LogP contribution in [-0.2, 0) is 17.6 Å². The maximum absolute atomic E-state index is 11.7. The van der Waals surface area contributed by atoms with E-state index in [1.165, 1.54) is 0 Å². The highest BCUT2D eigenvalue weighted by Crippen LogP contribution is 2.30. The monoisotopic (exact) mass is 272 g/mol. The normalized spacial score (nSPS) is 14.2. The zero-order valence-electron chi connectivity index (χ0n) is 11.3. The number of rotatable bonds is 6. The maximum atomic E-state index is 11.7. The first-order chi connectivity index (χ1) is 9.74. The molecular weight excluding hydrogens is 256 g/mol. The largest absolute Gasteiger partial charge is 0.497 e. The van der Waals surface area contributed by atoms with Crippen LogP contribution < -0.4 is 4.74 Å². The number of nitrogens with zero attached hydrogens (tertiary/aromatic N) is 2. The van der Waals surface area contributed by atoms with Crippen LogP contribution in [0, 0.1) is 5.92 Å². The molecule has 0 atom stereocenters. The Kier molecular flexibility index (Phi) is 3.50. The third-order valence-electron chi connectivity index (χ3n) is 3.36. The van der Waals surface area contributed by atoms with E-state index >= 15 is 0 Å². The molecule has 1 saturated carbocycles. The third-order valence-corrected chi connectivity index (χ3v) is 3.36. The van der Waals surface area contributed by atoms with Crippen LogP contribution in [0.2, 0.25) is 0 Å². The molecule has 1 aromatic carbocycles. The van der Waals surface area contributed by atoms with E-state index in [0.29, 0.717) is 18.1 Å². The molecule has 3 rings (SSSR count). The first kappa shape index (κ1) is 12.8. The number of Topliss-reactive ketones (excluding diaryl/α,β-unsaturated/α-hetero) is 1. The fourth-order valence-electron chi connectivity index (χ4n) is 2.10. The lowest BCUT2D eigenvalue weighted by atomic mass is 10.1. The summed E-state index contributed by atoms with van der Waals surface area (Å²) in [5, 5.41) is 3.92. The lowest BCUT2D eigenvalue weighted by Gasteiger charge is -2.01. The number of methoxy groups -OCH3 is 1. The number of ether oxygens (including phenoxy) is 1. The van der Waals surface area contributed by atoms with Crippen LogP contribution in [0.15, 0.2) is 28.8 Å². The number of hydrogen-bond acceptors (Lipinski definition) is 5. The Morgan fingerprint density at radius 3 is 3.05 bits per heavy atom.